The van der Waals surface area contributed by atoms with E-state index in [0.717, 1.165) is 5.69 Å². The summed E-state index contributed by atoms with van der Waals surface area (Å²) in [6.07, 6.45) is 1.56. The van der Waals surface area contributed by atoms with Crippen molar-refractivity contribution in [3.05, 3.63) is 41.7 Å². The average Bonchev–Trinajstić information content (AvgIpc) is 2.70. The summed E-state index contributed by atoms with van der Waals surface area (Å²) in [7, 11) is 3.39. The van der Waals surface area contributed by atoms with Gasteiger partial charge in [0.15, 0.2) is 0 Å². The lowest BCUT2D eigenvalue weighted by atomic mass is 10.2. The molecule has 0 saturated heterocycles. The number of aromatic nitrogens is 2. The van der Waals surface area contributed by atoms with Gasteiger partial charge in [-0.05, 0) is 19.1 Å². The van der Waals surface area contributed by atoms with Crippen molar-refractivity contribution in [3.63, 3.8) is 0 Å². The van der Waals surface area contributed by atoms with Gasteiger partial charge in [-0.1, -0.05) is 6.07 Å². The van der Waals surface area contributed by atoms with Crippen molar-refractivity contribution in [3.8, 4) is 5.75 Å². The van der Waals surface area contributed by atoms with E-state index in [9.17, 15) is 4.79 Å². The van der Waals surface area contributed by atoms with Crippen LogP contribution in [0.1, 0.15) is 16.1 Å². The highest BCUT2D eigenvalue weighted by Gasteiger charge is 2.12. The predicted octanol–water partition coefficient (Wildman–Crippen LogP) is 1.99. The van der Waals surface area contributed by atoms with Gasteiger partial charge in [0, 0.05) is 24.5 Å². The minimum atomic E-state index is -0.172. The zero-order valence-corrected chi connectivity index (χ0v) is 10.6. The first-order valence-corrected chi connectivity index (χ1v) is 5.56. The molecule has 0 saturated carbocycles. The second-order valence-electron chi connectivity index (χ2n) is 3.95. The summed E-state index contributed by atoms with van der Waals surface area (Å²) in [4.78, 5) is 12.0. The number of aryl methyl sites for hydroxylation is 1. The number of carbonyl (C=O) groups is 1. The summed E-state index contributed by atoms with van der Waals surface area (Å²) in [5.41, 5.74) is 2.10. The molecule has 5 heteroatoms. The molecule has 1 N–H and O–H groups in total. The zero-order valence-electron chi connectivity index (χ0n) is 10.6. The fraction of sp³-hybridized carbons (Fsp3) is 0.231. The predicted molar refractivity (Wildman–Crippen MR) is 68.9 cm³/mol. The standard InChI is InChI=1S/C13H15N3O2/c1-9-12(8-14-16(9)2)13(17)15-10-5-4-6-11(7-10)18-3/h4-8H,1-3H3,(H,15,17). The molecule has 1 heterocycles. The monoisotopic (exact) mass is 245 g/mol. The van der Waals surface area contributed by atoms with Gasteiger partial charge in [-0.3, -0.25) is 9.48 Å². The molecule has 0 aliphatic rings. The Morgan fingerprint density at radius 2 is 2.22 bits per heavy atom. The molecule has 0 atom stereocenters. The number of methoxy groups -OCH3 is 1. The van der Waals surface area contributed by atoms with E-state index in [1.54, 1.807) is 31.1 Å². The van der Waals surface area contributed by atoms with Gasteiger partial charge in [0.1, 0.15) is 5.75 Å². The molecule has 1 amide bonds. The van der Waals surface area contributed by atoms with Crippen LogP contribution in [-0.2, 0) is 7.05 Å². The summed E-state index contributed by atoms with van der Waals surface area (Å²) >= 11 is 0. The number of nitrogens with zero attached hydrogens (tertiary/aromatic N) is 2. The molecule has 0 unspecified atom stereocenters. The van der Waals surface area contributed by atoms with E-state index in [2.05, 4.69) is 10.4 Å². The van der Waals surface area contributed by atoms with Crippen molar-refractivity contribution in [1.82, 2.24) is 9.78 Å². The number of benzene rings is 1. The number of nitrogens with one attached hydrogen (secondary N) is 1. The van der Waals surface area contributed by atoms with Gasteiger partial charge < -0.3 is 10.1 Å². The maximum atomic E-state index is 12.0. The highest BCUT2D eigenvalue weighted by Crippen LogP contribution is 2.18. The lowest BCUT2D eigenvalue weighted by Crippen LogP contribution is -2.12. The maximum Gasteiger partial charge on any atom is 0.259 e. The van der Waals surface area contributed by atoms with Gasteiger partial charge in [-0.25, -0.2) is 0 Å². The van der Waals surface area contributed by atoms with Gasteiger partial charge in [-0.2, -0.15) is 5.10 Å². The third-order valence-corrected chi connectivity index (χ3v) is 2.81. The van der Waals surface area contributed by atoms with E-state index in [4.69, 9.17) is 4.74 Å². The molecule has 0 bridgehead atoms. The van der Waals surface area contributed by atoms with Crippen LogP contribution in [0.25, 0.3) is 0 Å². The smallest absolute Gasteiger partial charge is 0.259 e. The highest BCUT2D eigenvalue weighted by molar-refractivity contribution is 6.04. The van der Waals surface area contributed by atoms with Crippen molar-refractivity contribution < 1.29 is 9.53 Å². The maximum absolute atomic E-state index is 12.0. The first-order chi connectivity index (χ1) is 8.61. The normalized spacial score (nSPS) is 10.2. The van der Waals surface area contributed by atoms with Crippen LogP contribution in [0, 0.1) is 6.92 Å². The Kier molecular flexibility index (Phi) is 3.32. The van der Waals surface area contributed by atoms with Crippen molar-refractivity contribution in [2.45, 2.75) is 6.92 Å². The lowest BCUT2D eigenvalue weighted by Gasteiger charge is -2.06. The Balaban J connectivity index is 2.18. The number of anilines is 1. The molecule has 0 radical (unpaired) electrons. The number of hydrogen-bond donors (Lipinski definition) is 1. The summed E-state index contributed by atoms with van der Waals surface area (Å²) in [6, 6.07) is 7.23. The fourth-order valence-corrected chi connectivity index (χ4v) is 1.62. The van der Waals surface area contributed by atoms with E-state index in [1.807, 2.05) is 25.1 Å². The summed E-state index contributed by atoms with van der Waals surface area (Å²) < 4.78 is 6.77. The Bertz CT molecular complexity index is 575. The number of hydrogen-bond acceptors (Lipinski definition) is 3. The molecule has 18 heavy (non-hydrogen) atoms. The molecular weight excluding hydrogens is 230 g/mol. The molecule has 2 aromatic rings. The molecule has 1 aromatic carbocycles. The van der Waals surface area contributed by atoms with E-state index in [-0.39, 0.29) is 5.91 Å². The third-order valence-electron chi connectivity index (χ3n) is 2.81. The zero-order chi connectivity index (χ0) is 13.1. The van der Waals surface area contributed by atoms with Crippen LogP contribution in [0.3, 0.4) is 0 Å². The lowest BCUT2D eigenvalue weighted by molar-refractivity contribution is 0.102. The molecule has 2 rings (SSSR count). The van der Waals surface area contributed by atoms with Gasteiger partial charge in [0.25, 0.3) is 5.91 Å². The van der Waals surface area contributed by atoms with Crippen molar-refractivity contribution in [1.29, 1.82) is 0 Å². The van der Waals surface area contributed by atoms with Crippen molar-refractivity contribution >= 4 is 11.6 Å². The van der Waals surface area contributed by atoms with E-state index in [0.29, 0.717) is 17.0 Å². The largest absolute Gasteiger partial charge is 0.497 e. The number of amides is 1. The molecule has 0 aliphatic carbocycles. The SMILES string of the molecule is COc1cccc(NC(=O)c2cnn(C)c2C)c1. The Hall–Kier alpha value is -2.30. The molecule has 0 spiro atoms. The minimum absolute atomic E-state index is 0.172. The van der Waals surface area contributed by atoms with Crippen LogP contribution in [0.4, 0.5) is 5.69 Å². The van der Waals surface area contributed by atoms with E-state index >= 15 is 0 Å². The van der Waals surface area contributed by atoms with Crippen LogP contribution in [0.5, 0.6) is 5.75 Å². The third kappa shape index (κ3) is 2.34. The summed E-state index contributed by atoms with van der Waals surface area (Å²) in [5, 5.41) is 6.86. The molecule has 1 aromatic heterocycles. The minimum Gasteiger partial charge on any atom is -0.497 e. The molecule has 0 fully saturated rings. The van der Waals surface area contributed by atoms with Gasteiger partial charge >= 0.3 is 0 Å². The number of ether oxygens (including phenoxy) is 1. The van der Waals surface area contributed by atoms with Crippen molar-refractivity contribution in [2.75, 3.05) is 12.4 Å². The second-order valence-corrected chi connectivity index (χ2v) is 3.95. The van der Waals surface area contributed by atoms with Gasteiger partial charge in [0.2, 0.25) is 0 Å². The van der Waals surface area contributed by atoms with Gasteiger partial charge in [-0.15, -0.1) is 0 Å². The van der Waals surface area contributed by atoms with Crippen molar-refractivity contribution in [2.24, 2.45) is 7.05 Å². The Labute approximate surface area is 105 Å². The van der Waals surface area contributed by atoms with Crippen LogP contribution < -0.4 is 10.1 Å². The first kappa shape index (κ1) is 12.2. The summed E-state index contributed by atoms with van der Waals surface area (Å²) in [6.45, 7) is 1.85. The van der Waals surface area contributed by atoms with E-state index in [1.165, 1.54) is 0 Å². The van der Waals surface area contributed by atoms with Crippen LogP contribution in [0.2, 0.25) is 0 Å². The number of rotatable bonds is 3. The Morgan fingerprint density at radius 1 is 1.44 bits per heavy atom. The van der Waals surface area contributed by atoms with Gasteiger partial charge in [0.05, 0.1) is 18.9 Å². The van der Waals surface area contributed by atoms with Crippen LogP contribution in [0.15, 0.2) is 30.5 Å². The van der Waals surface area contributed by atoms with E-state index < -0.39 is 0 Å². The molecule has 0 aliphatic heterocycles. The molecule has 94 valence electrons. The second kappa shape index (κ2) is 4.91. The fourth-order valence-electron chi connectivity index (χ4n) is 1.62. The Morgan fingerprint density at radius 3 is 2.83 bits per heavy atom. The molecule has 5 nitrogen and oxygen atoms in total. The average molecular weight is 245 g/mol. The quantitative estimate of drug-likeness (QED) is 0.899. The number of carbonyl (C=O) groups excluding carboxylic acids is 1. The van der Waals surface area contributed by atoms with Crippen LogP contribution in [-0.4, -0.2) is 22.8 Å². The topological polar surface area (TPSA) is 56.1 Å². The highest BCUT2D eigenvalue weighted by atomic mass is 16.5. The first-order valence-electron chi connectivity index (χ1n) is 5.56. The van der Waals surface area contributed by atoms with Crippen LogP contribution >= 0.6 is 0 Å². The summed E-state index contributed by atoms with van der Waals surface area (Å²) in [5.74, 6) is 0.532. The molecular formula is C13H15N3O2.